The maximum absolute atomic E-state index is 9.67. The van der Waals surface area contributed by atoms with Crippen molar-refractivity contribution in [2.45, 2.75) is 0 Å². The maximum Gasteiger partial charge on any atom is 0.227 e. The molecule has 0 fully saturated rings. The van der Waals surface area contributed by atoms with Crippen LogP contribution in [0, 0.1) is 11.3 Å². The average Bonchev–Trinajstić information content (AvgIpc) is 3.88. The summed E-state index contributed by atoms with van der Waals surface area (Å²) in [6, 6.07) is 51.4. The van der Waals surface area contributed by atoms with Gasteiger partial charge in [0.2, 0.25) is 11.8 Å². The van der Waals surface area contributed by atoms with Crippen molar-refractivity contribution < 1.29 is 8.83 Å². The van der Waals surface area contributed by atoms with Crippen LogP contribution in [-0.4, -0.2) is 14.5 Å². The standard InChI is InChI=1S/C43H24N4O2/c44-25-29-15-20-32(33-8-2-1-7-31(29)33)26-13-18-30(19-14-26)47-38-21-16-27(42-45-36-9-3-5-11-40(36)48-42)23-34(38)35-24-28(17-22-39(35)47)43-46-37-10-4-6-12-41(37)49-43/h1-24H. The van der Waals surface area contributed by atoms with Crippen LogP contribution in [0.3, 0.4) is 0 Å². The SMILES string of the molecule is N#Cc1ccc(-c2ccc(-n3c4ccc(-c5nc6ccccc6o5)cc4c4cc(-c5nc6ccccc6o5)ccc43)cc2)c2ccccc12. The van der Waals surface area contributed by atoms with Gasteiger partial charge in [0.05, 0.1) is 22.7 Å². The summed E-state index contributed by atoms with van der Waals surface area (Å²) in [5.74, 6) is 1.16. The molecule has 228 valence electrons. The Bertz CT molecular complexity index is 2760. The average molecular weight is 629 g/mol. The van der Waals surface area contributed by atoms with E-state index in [9.17, 15) is 5.26 Å². The molecule has 0 saturated carbocycles. The molecule has 49 heavy (non-hydrogen) atoms. The third-order valence-corrected chi connectivity index (χ3v) is 9.33. The van der Waals surface area contributed by atoms with Crippen molar-refractivity contribution in [1.82, 2.24) is 14.5 Å². The van der Waals surface area contributed by atoms with E-state index in [2.05, 4.69) is 77.4 Å². The van der Waals surface area contributed by atoms with E-state index in [1.807, 2.05) is 78.9 Å². The van der Waals surface area contributed by atoms with Gasteiger partial charge in [0, 0.05) is 33.0 Å². The molecule has 0 amide bonds. The number of rotatable bonds is 4. The number of nitrogens with zero attached hydrogens (tertiary/aromatic N) is 4. The molecule has 10 rings (SSSR count). The summed E-state index contributed by atoms with van der Waals surface area (Å²) in [5.41, 5.74) is 11.0. The van der Waals surface area contributed by atoms with Crippen LogP contribution in [0.1, 0.15) is 5.56 Å². The lowest BCUT2D eigenvalue weighted by molar-refractivity contribution is 0.619. The summed E-state index contributed by atoms with van der Waals surface area (Å²) in [4.78, 5) is 9.56. The summed E-state index contributed by atoms with van der Waals surface area (Å²) in [6.45, 7) is 0. The largest absolute Gasteiger partial charge is 0.436 e. The Kier molecular flexibility index (Phi) is 5.84. The molecule has 0 atom stereocenters. The van der Waals surface area contributed by atoms with Crippen molar-refractivity contribution >= 4 is 54.8 Å². The zero-order valence-corrected chi connectivity index (χ0v) is 26.0. The van der Waals surface area contributed by atoms with Gasteiger partial charge in [-0.25, -0.2) is 9.97 Å². The number of benzene rings is 7. The first-order valence-electron chi connectivity index (χ1n) is 16.0. The second-order valence-electron chi connectivity index (χ2n) is 12.1. The van der Waals surface area contributed by atoms with Gasteiger partial charge in [0.25, 0.3) is 0 Å². The van der Waals surface area contributed by atoms with Crippen LogP contribution in [0.2, 0.25) is 0 Å². The topological polar surface area (TPSA) is 80.8 Å². The zero-order valence-electron chi connectivity index (χ0n) is 26.0. The van der Waals surface area contributed by atoms with Gasteiger partial charge in [-0.2, -0.15) is 5.26 Å². The molecule has 0 aliphatic carbocycles. The van der Waals surface area contributed by atoms with E-state index < -0.39 is 0 Å². The van der Waals surface area contributed by atoms with Gasteiger partial charge in [-0.3, -0.25) is 0 Å². The molecular formula is C43H24N4O2. The second kappa shape index (κ2) is 10.5. The van der Waals surface area contributed by atoms with Gasteiger partial charge >= 0.3 is 0 Å². The summed E-state index contributed by atoms with van der Waals surface area (Å²) >= 11 is 0. The molecule has 10 aromatic rings. The Morgan fingerprint density at radius 3 is 1.59 bits per heavy atom. The molecule has 0 saturated heterocycles. The van der Waals surface area contributed by atoms with E-state index in [-0.39, 0.29) is 0 Å². The van der Waals surface area contributed by atoms with Gasteiger partial charge < -0.3 is 13.4 Å². The predicted octanol–water partition coefficient (Wildman–Crippen LogP) is 11.1. The molecule has 6 nitrogen and oxygen atoms in total. The molecule has 0 aliphatic heterocycles. The number of fused-ring (bicyclic) bond motifs is 6. The summed E-state index contributed by atoms with van der Waals surface area (Å²) < 4.78 is 14.6. The van der Waals surface area contributed by atoms with Crippen LogP contribution in [0.5, 0.6) is 0 Å². The first kappa shape index (κ1) is 27.2. The third-order valence-electron chi connectivity index (χ3n) is 9.33. The van der Waals surface area contributed by atoms with Gasteiger partial charge in [-0.15, -0.1) is 0 Å². The van der Waals surface area contributed by atoms with Crippen molar-refractivity contribution in [3.63, 3.8) is 0 Å². The number of hydrogen-bond acceptors (Lipinski definition) is 5. The molecule has 0 N–H and O–H groups in total. The van der Waals surface area contributed by atoms with Crippen LogP contribution in [0.25, 0.3) is 94.5 Å². The Labute approximate surface area is 279 Å². The fraction of sp³-hybridized carbons (Fsp3) is 0. The van der Waals surface area contributed by atoms with Crippen molar-refractivity contribution in [3.8, 4) is 45.8 Å². The quantitative estimate of drug-likeness (QED) is 0.194. The molecule has 6 heteroatoms. The first-order valence-corrected chi connectivity index (χ1v) is 16.0. The van der Waals surface area contributed by atoms with E-state index in [1.54, 1.807) is 0 Å². The van der Waals surface area contributed by atoms with E-state index in [1.165, 1.54) is 0 Å². The Balaban J connectivity index is 1.16. The first-order chi connectivity index (χ1) is 24.2. The molecule has 0 bridgehead atoms. The van der Waals surface area contributed by atoms with Gasteiger partial charge in [-0.05, 0) is 95.4 Å². The van der Waals surface area contributed by atoms with Crippen molar-refractivity contribution in [2.75, 3.05) is 0 Å². The second-order valence-corrected chi connectivity index (χ2v) is 12.1. The number of aromatic nitrogens is 3. The maximum atomic E-state index is 9.67. The normalized spacial score (nSPS) is 11.7. The van der Waals surface area contributed by atoms with Crippen LogP contribution in [-0.2, 0) is 0 Å². The van der Waals surface area contributed by atoms with Crippen molar-refractivity contribution in [3.05, 3.63) is 151 Å². The van der Waals surface area contributed by atoms with E-state index >= 15 is 0 Å². The highest BCUT2D eigenvalue weighted by atomic mass is 16.4. The Morgan fingerprint density at radius 1 is 0.490 bits per heavy atom. The smallest absolute Gasteiger partial charge is 0.227 e. The summed E-state index contributed by atoms with van der Waals surface area (Å²) in [6.07, 6.45) is 0. The highest BCUT2D eigenvalue weighted by Crippen LogP contribution is 2.39. The Hall–Kier alpha value is -6.97. The zero-order chi connectivity index (χ0) is 32.5. The molecule has 0 aliphatic rings. The minimum absolute atomic E-state index is 0.582. The van der Waals surface area contributed by atoms with Crippen molar-refractivity contribution in [1.29, 1.82) is 5.26 Å². The number of nitriles is 1. The molecular weight excluding hydrogens is 604 g/mol. The molecule has 3 heterocycles. The molecule has 7 aromatic carbocycles. The van der Waals surface area contributed by atoms with E-state index in [0.717, 1.165) is 82.7 Å². The highest BCUT2D eigenvalue weighted by Gasteiger charge is 2.18. The predicted molar refractivity (Wildman–Crippen MR) is 194 cm³/mol. The van der Waals surface area contributed by atoms with Crippen LogP contribution >= 0.6 is 0 Å². The minimum Gasteiger partial charge on any atom is -0.436 e. The lowest BCUT2D eigenvalue weighted by Crippen LogP contribution is -1.94. The molecule has 0 unspecified atom stereocenters. The van der Waals surface area contributed by atoms with Crippen LogP contribution < -0.4 is 0 Å². The number of para-hydroxylation sites is 4. The lowest BCUT2D eigenvalue weighted by Gasteiger charge is -2.11. The summed E-state index contributed by atoms with van der Waals surface area (Å²) in [5, 5.41) is 13.8. The highest BCUT2D eigenvalue weighted by molar-refractivity contribution is 6.11. The minimum atomic E-state index is 0.582. The molecule has 0 radical (unpaired) electrons. The van der Waals surface area contributed by atoms with Gasteiger partial charge in [-0.1, -0.05) is 66.7 Å². The van der Waals surface area contributed by atoms with Gasteiger partial charge in [0.15, 0.2) is 11.2 Å². The third kappa shape index (κ3) is 4.27. The number of oxazole rings is 2. The lowest BCUT2D eigenvalue weighted by atomic mass is 9.95. The fourth-order valence-electron chi connectivity index (χ4n) is 7.00. The molecule has 0 spiro atoms. The Morgan fingerprint density at radius 2 is 1.02 bits per heavy atom. The van der Waals surface area contributed by atoms with E-state index in [0.29, 0.717) is 17.3 Å². The fourth-order valence-corrected chi connectivity index (χ4v) is 7.00. The van der Waals surface area contributed by atoms with E-state index in [4.69, 9.17) is 18.8 Å². The van der Waals surface area contributed by atoms with Crippen LogP contribution in [0.4, 0.5) is 0 Å². The van der Waals surface area contributed by atoms with Crippen LogP contribution in [0.15, 0.2) is 154 Å². The van der Waals surface area contributed by atoms with Crippen molar-refractivity contribution in [2.24, 2.45) is 0 Å². The van der Waals surface area contributed by atoms with Gasteiger partial charge in [0.1, 0.15) is 11.0 Å². The summed E-state index contributed by atoms with van der Waals surface area (Å²) in [7, 11) is 0. The molecule has 3 aromatic heterocycles. The monoisotopic (exact) mass is 628 g/mol. The number of hydrogen-bond donors (Lipinski definition) is 0.